The summed E-state index contributed by atoms with van der Waals surface area (Å²) in [5.74, 6) is 0.682. The molecule has 7 heteroatoms. The molecule has 0 aromatic heterocycles. The Labute approximate surface area is 131 Å². The first kappa shape index (κ1) is 16.0. The quantitative estimate of drug-likeness (QED) is 0.578. The summed E-state index contributed by atoms with van der Waals surface area (Å²) in [5.41, 5.74) is 2.02. The minimum atomic E-state index is -0.428. The number of hydrogen-bond donors (Lipinski definition) is 0. The summed E-state index contributed by atoms with van der Waals surface area (Å²) in [4.78, 5) is 20.5. The van der Waals surface area contributed by atoms with Crippen molar-refractivity contribution in [1.82, 2.24) is 0 Å². The van der Waals surface area contributed by atoms with E-state index in [2.05, 4.69) is 0 Å². The summed E-state index contributed by atoms with van der Waals surface area (Å²) in [6, 6.07) is 13.0. The Kier molecular flexibility index (Phi) is 5.11. The molecule has 0 saturated carbocycles. The van der Waals surface area contributed by atoms with Gasteiger partial charge in [-0.25, -0.2) is 0 Å². The lowest BCUT2D eigenvalue weighted by Gasteiger charge is -2.11. The summed E-state index contributed by atoms with van der Waals surface area (Å²) >= 11 is 1.62. The molecule has 0 amide bonds. The fourth-order valence-electron chi connectivity index (χ4n) is 1.92. The van der Waals surface area contributed by atoms with Crippen LogP contribution in [0.4, 0.5) is 11.4 Å². The van der Waals surface area contributed by atoms with Gasteiger partial charge < -0.3 is 0 Å². The van der Waals surface area contributed by atoms with E-state index < -0.39 is 9.85 Å². The van der Waals surface area contributed by atoms with Gasteiger partial charge in [0.25, 0.3) is 11.4 Å². The molecule has 0 spiro atoms. The molecule has 2 rings (SSSR count). The lowest BCUT2D eigenvalue weighted by Crippen LogP contribution is -1.93. The van der Waals surface area contributed by atoms with Crippen LogP contribution in [-0.4, -0.2) is 9.85 Å². The van der Waals surface area contributed by atoms with E-state index in [0.717, 1.165) is 11.1 Å². The first-order valence-electron chi connectivity index (χ1n) is 6.56. The monoisotopic (exact) mass is 318 g/mol. The van der Waals surface area contributed by atoms with Crippen LogP contribution in [0.3, 0.4) is 0 Å². The highest BCUT2D eigenvalue weighted by Crippen LogP contribution is 2.32. The zero-order valence-corrected chi connectivity index (χ0v) is 12.7. The van der Waals surface area contributed by atoms with Crippen molar-refractivity contribution in [3.05, 3.63) is 79.9 Å². The van der Waals surface area contributed by atoms with Gasteiger partial charge in [-0.3, -0.25) is 20.2 Å². The molecule has 0 unspecified atom stereocenters. The highest BCUT2D eigenvalue weighted by molar-refractivity contribution is 7.98. The molecule has 22 heavy (non-hydrogen) atoms. The van der Waals surface area contributed by atoms with Gasteiger partial charge in [-0.15, -0.1) is 11.8 Å². The van der Waals surface area contributed by atoms with E-state index in [9.17, 15) is 20.2 Å². The molecule has 2 aromatic rings. The fourth-order valence-corrected chi connectivity index (χ4v) is 2.90. The molecular weight excluding hydrogens is 304 g/mol. The second kappa shape index (κ2) is 7.04. The van der Waals surface area contributed by atoms with Crippen LogP contribution in [0.2, 0.25) is 0 Å². The van der Waals surface area contributed by atoms with Crippen molar-refractivity contribution in [3.63, 3.8) is 0 Å². The molecule has 1 atom stereocenters. The Bertz CT molecular complexity index is 688. The predicted molar refractivity (Wildman–Crippen MR) is 85.9 cm³/mol. The summed E-state index contributed by atoms with van der Waals surface area (Å²) in [6.07, 6.45) is 0. The van der Waals surface area contributed by atoms with Crippen LogP contribution in [0.15, 0.2) is 48.5 Å². The number of rotatable bonds is 6. The molecule has 0 bridgehead atoms. The van der Waals surface area contributed by atoms with Crippen molar-refractivity contribution in [3.8, 4) is 0 Å². The standard InChI is InChI=1S/C15H14N2O4S/c1-11(13-3-2-4-15(9-13)17(20)21)22-10-12-5-7-14(8-6-12)16(18)19/h2-9,11H,10H2,1H3/t11-/m0/s1. The number of hydrogen-bond acceptors (Lipinski definition) is 5. The molecule has 0 radical (unpaired) electrons. The molecule has 0 heterocycles. The summed E-state index contributed by atoms with van der Waals surface area (Å²) in [5, 5.41) is 21.5. The zero-order chi connectivity index (χ0) is 16.1. The Balaban J connectivity index is 2.00. The van der Waals surface area contributed by atoms with Crippen molar-refractivity contribution >= 4 is 23.1 Å². The first-order chi connectivity index (χ1) is 10.5. The summed E-state index contributed by atoms with van der Waals surface area (Å²) < 4.78 is 0. The van der Waals surface area contributed by atoms with Crippen LogP contribution in [0.5, 0.6) is 0 Å². The van der Waals surface area contributed by atoms with Gasteiger partial charge in [0, 0.05) is 35.3 Å². The van der Waals surface area contributed by atoms with Gasteiger partial charge in [0.1, 0.15) is 0 Å². The van der Waals surface area contributed by atoms with Crippen LogP contribution >= 0.6 is 11.8 Å². The predicted octanol–water partition coefficient (Wildman–Crippen LogP) is 4.50. The molecule has 0 aliphatic heterocycles. The largest absolute Gasteiger partial charge is 0.269 e. The smallest absolute Gasteiger partial charge is 0.258 e. The van der Waals surface area contributed by atoms with Gasteiger partial charge in [0.2, 0.25) is 0 Å². The third-order valence-electron chi connectivity index (χ3n) is 3.20. The SMILES string of the molecule is C[C@H](SCc1ccc([N+](=O)[O-])cc1)c1cccc([N+](=O)[O-])c1. The Hall–Kier alpha value is -2.41. The van der Waals surface area contributed by atoms with Gasteiger partial charge >= 0.3 is 0 Å². The summed E-state index contributed by atoms with van der Waals surface area (Å²) in [6.45, 7) is 1.98. The number of nitro benzene ring substituents is 2. The van der Waals surface area contributed by atoms with E-state index in [1.54, 1.807) is 36.0 Å². The molecule has 0 N–H and O–H groups in total. The van der Waals surface area contributed by atoms with Gasteiger partial charge in [-0.05, 0) is 18.1 Å². The molecule has 0 aliphatic rings. The normalized spacial score (nSPS) is 11.9. The molecule has 0 fully saturated rings. The molecule has 0 saturated heterocycles. The van der Waals surface area contributed by atoms with Crippen molar-refractivity contribution < 1.29 is 9.85 Å². The minimum absolute atomic E-state index is 0.0699. The van der Waals surface area contributed by atoms with E-state index in [0.29, 0.717) is 5.75 Å². The molecule has 2 aromatic carbocycles. The summed E-state index contributed by atoms with van der Waals surface area (Å²) in [7, 11) is 0. The third kappa shape index (κ3) is 4.05. The van der Waals surface area contributed by atoms with Crippen molar-refractivity contribution in [2.75, 3.05) is 0 Å². The Morgan fingerprint density at radius 3 is 2.23 bits per heavy atom. The Morgan fingerprint density at radius 1 is 1.00 bits per heavy atom. The maximum Gasteiger partial charge on any atom is 0.269 e. The van der Waals surface area contributed by atoms with Crippen LogP contribution < -0.4 is 0 Å². The maximum atomic E-state index is 10.8. The molecule has 6 nitrogen and oxygen atoms in total. The van der Waals surface area contributed by atoms with Crippen LogP contribution in [0, 0.1) is 20.2 Å². The van der Waals surface area contributed by atoms with Gasteiger partial charge in [-0.2, -0.15) is 0 Å². The highest BCUT2D eigenvalue weighted by atomic mass is 32.2. The second-order valence-corrected chi connectivity index (χ2v) is 6.06. The first-order valence-corrected chi connectivity index (χ1v) is 7.61. The molecule has 0 aliphatic carbocycles. The number of non-ortho nitro benzene ring substituents is 2. The zero-order valence-electron chi connectivity index (χ0n) is 11.8. The third-order valence-corrected chi connectivity index (χ3v) is 4.47. The van der Waals surface area contributed by atoms with Gasteiger partial charge in [-0.1, -0.05) is 24.3 Å². The second-order valence-electron chi connectivity index (χ2n) is 4.73. The van der Waals surface area contributed by atoms with E-state index in [4.69, 9.17) is 0 Å². The van der Waals surface area contributed by atoms with Crippen LogP contribution in [-0.2, 0) is 5.75 Å². The molecular formula is C15H14N2O4S. The molecule has 114 valence electrons. The van der Waals surface area contributed by atoms with Gasteiger partial charge in [0.15, 0.2) is 0 Å². The topological polar surface area (TPSA) is 86.3 Å². The average Bonchev–Trinajstić information content (AvgIpc) is 2.53. The Morgan fingerprint density at radius 2 is 1.64 bits per heavy atom. The van der Waals surface area contributed by atoms with Gasteiger partial charge in [0.05, 0.1) is 9.85 Å². The van der Waals surface area contributed by atoms with Crippen molar-refractivity contribution in [2.45, 2.75) is 17.9 Å². The van der Waals surface area contributed by atoms with Crippen molar-refractivity contribution in [2.24, 2.45) is 0 Å². The average molecular weight is 318 g/mol. The van der Waals surface area contributed by atoms with E-state index in [1.807, 2.05) is 13.0 Å². The minimum Gasteiger partial charge on any atom is -0.258 e. The van der Waals surface area contributed by atoms with E-state index >= 15 is 0 Å². The van der Waals surface area contributed by atoms with Crippen LogP contribution in [0.25, 0.3) is 0 Å². The number of nitro groups is 2. The lowest BCUT2D eigenvalue weighted by molar-refractivity contribution is -0.385. The van der Waals surface area contributed by atoms with E-state index in [-0.39, 0.29) is 16.6 Å². The van der Waals surface area contributed by atoms with Crippen LogP contribution in [0.1, 0.15) is 23.3 Å². The fraction of sp³-hybridized carbons (Fsp3) is 0.200. The number of nitrogens with zero attached hydrogens (tertiary/aromatic N) is 2. The highest BCUT2D eigenvalue weighted by Gasteiger charge is 2.12. The number of benzene rings is 2. The lowest BCUT2D eigenvalue weighted by atomic mass is 10.1. The van der Waals surface area contributed by atoms with Crippen molar-refractivity contribution in [1.29, 1.82) is 0 Å². The van der Waals surface area contributed by atoms with E-state index in [1.165, 1.54) is 18.2 Å². The maximum absolute atomic E-state index is 10.8. The number of thioether (sulfide) groups is 1.